The van der Waals surface area contributed by atoms with Gasteiger partial charge in [-0.25, -0.2) is 4.79 Å². The minimum Gasteiger partial charge on any atom is -0.497 e. The van der Waals surface area contributed by atoms with Crippen LogP contribution in [0.1, 0.15) is 26.5 Å². The highest BCUT2D eigenvalue weighted by atomic mass is 19.4. The number of ketones is 1. The Bertz CT molecular complexity index is 1540. The number of ether oxygens (including phenoxy) is 4. The first-order valence-corrected chi connectivity index (χ1v) is 10.9. The summed E-state index contributed by atoms with van der Waals surface area (Å²) in [5.41, 5.74) is -1.00. The van der Waals surface area contributed by atoms with E-state index < -0.39 is 41.3 Å². The molecule has 0 spiro atoms. The predicted octanol–water partition coefficient (Wildman–Crippen LogP) is 5.66. The monoisotopic (exact) mass is 528 g/mol. The Morgan fingerprint density at radius 1 is 0.842 bits per heavy atom. The number of carbonyl (C=O) groups excluding carboxylic acids is 2. The van der Waals surface area contributed by atoms with Crippen molar-refractivity contribution in [1.82, 2.24) is 0 Å². The Morgan fingerprint density at radius 3 is 2.05 bits per heavy atom. The first kappa shape index (κ1) is 26.3. The van der Waals surface area contributed by atoms with Crippen molar-refractivity contribution in [2.75, 3.05) is 20.8 Å². The summed E-state index contributed by atoms with van der Waals surface area (Å²) in [6.45, 7) is -0.406. The SMILES string of the molecule is COC(=O)c1ccc(Oc2c(C(F)(F)F)oc3cc(OCC(=O)c4ccc(OC)cc4)ccc3c2=O)cc1. The maximum Gasteiger partial charge on any atom is 0.453 e. The molecule has 0 aliphatic carbocycles. The van der Waals surface area contributed by atoms with Gasteiger partial charge in [0.05, 0.1) is 25.2 Å². The van der Waals surface area contributed by atoms with Gasteiger partial charge in [-0.2, -0.15) is 13.2 Å². The summed E-state index contributed by atoms with van der Waals surface area (Å²) in [6, 6.07) is 14.9. The molecule has 0 atom stereocenters. The van der Waals surface area contributed by atoms with Crippen LogP contribution >= 0.6 is 0 Å². The minimum absolute atomic E-state index is 0.0164. The minimum atomic E-state index is -5.07. The lowest BCUT2D eigenvalue weighted by atomic mass is 10.1. The van der Waals surface area contributed by atoms with E-state index >= 15 is 0 Å². The molecule has 11 heteroatoms. The molecule has 0 amide bonds. The first-order chi connectivity index (χ1) is 18.1. The van der Waals surface area contributed by atoms with Gasteiger partial charge in [0.1, 0.15) is 22.8 Å². The number of rotatable bonds is 8. The van der Waals surface area contributed by atoms with Crippen molar-refractivity contribution < 1.29 is 46.1 Å². The van der Waals surface area contributed by atoms with Crippen molar-refractivity contribution in [2.45, 2.75) is 6.18 Å². The van der Waals surface area contributed by atoms with E-state index in [0.717, 1.165) is 6.07 Å². The Kier molecular flexibility index (Phi) is 7.38. The molecular weight excluding hydrogens is 509 g/mol. The first-order valence-electron chi connectivity index (χ1n) is 10.9. The molecule has 1 heterocycles. The summed E-state index contributed by atoms with van der Waals surface area (Å²) in [4.78, 5) is 36.9. The molecule has 0 fully saturated rings. The van der Waals surface area contributed by atoms with Crippen molar-refractivity contribution in [1.29, 1.82) is 0 Å². The fourth-order valence-electron chi connectivity index (χ4n) is 3.43. The van der Waals surface area contributed by atoms with Crippen LogP contribution in [0.4, 0.5) is 13.2 Å². The average Bonchev–Trinajstić information content (AvgIpc) is 2.92. The van der Waals surface area contributed by atoms with E-state index in [9.17, 15) is 27.6 Å². The van der Waals surface area contributed by atoms with Crippen LogP contribution in [0.15, 0.2) is 75.9 Å². The van der Waals surface area contributed by atoms with Crippen LogP contribution in [0.25, 0.3) is 11.0 Å². The van der Waals surface area contributed by atoms with Crippen molar-refractivity contribution in [2.24, 2.45) is 0 Å². The number of fused-ring (bicyclic) bond motifs is 1. The van der Waals surface area contributed by atoms with Gasteiger partial charge in [0.15, 0.2) is 12.4 Å². The second-order valence-electron chi connectivity index (χ2n) is 7.80. The molecule has 4 rings (SSSR count). The summed E-state index contributed by atoms with van der Waals surface area (Å²) in [7, 11) is 2.67. The van der Waals surface area contributed by atoms with Gasteiger partial charge in [-0.15, -0.1) is 0 Å². The third-order valence-corrected chi connectivity index (χ3v) is 5.36. The van der Waals surface area contributed by atoms with Crippen LogP contribution in [0.3, 0.4) is 0 Å². The summed E-state index contributed by atoms with van der Waals surface area (Å²) >= 11 is 0. The second kappa shape index (κ2) is 10.7. The highest BCUT2D eigenvalue weighted by Gasteiger charge is 2.40. The molecule has 0 saturated carbocycles. The second-order valence-corrected chi connectivity index (χ2v) is 7.80. The maximum atomic E-state index is 13.8. The summed E-state index contributed by atoms with van der Waals surface area (Å²) in [5.74, 6) is -3.31. The highest BCUT2D eigenvalue weighted by Crippen LogP contribution is 2.38. The smallest absolute Gasteiger partial charge is 0.453 e. The number of halogens is 3. The maximum absolute atomic E-state index is 13.8. The molecule has 0 aliphatic heterocycles. The summed E-state index contributed by atoms with van der Waals surface area (Å²) < 4.78 is 66.8. The zero-order valence-electron chi connectivity index (χ0n) is 20.0. The zero-order chi connectivity index (χ0) is 27.4. The Hall–Kier alpha value is -4.80. The van der Waals surface area contributed by atoms with E-state index in [0.29, 0.717) is 11.3 Å². The number of hydrogen-bond acceptors (Lipinski definition) is 8. The molecule has 4 aromatic rings. The van der Waals surface area contributed by atoms with Gasteiger partial charge in [0, 0.05) is 11.6 Å². The lowest BCUT2D eigenvalue weighted by Gasteiger charge is -2.14. The molecule has 8 nitrogen and oxygen atoms in total. The fraction of sp³-hybridized carbons (Fsp3) is 0.148. The third-order valence-electron chi connectivity index (χ3n) is 5.36. The van der Waals surface area contributed by atoms with Gasteiger partial charge in [-0.05, 0) is 60.7 Å². The Balaban J connectivity index is 1.62. The van der Waals surface area contributed by atoms with E-state index in [1.807, 2.05) is 0 Å². The molecule has 0 bridgehead atoms. The largest absolute Gasteiger partial charge is 0.497 e. The van der Waals surface area contributed by atoms with E-state index in [2.05, 4.69) is 4.74 Å². The van der Waals surface area contributed by atoms with Crippen LogP contribution in [-0.4, -0.2) is 32.6 Å². The Morgan fingerprint density at radius 2 is 1.45 bits per heavy atom. The quantitative estimate of drug-likeness (QED) is 0.213. The lowest BCUT2D eigenvalue weighted by Crippen LogP contribution is -2.16. The molecule has 0 unspecified atom stereocenters. The molecule has 196 valence electrons. The number of carbonyl (C=O) groups is 2. The fourth-order valence-corrected chi connectivity index (χ4v) is 3.43. The summed E-state index contributed by atoms with van der Waals surface area (Å²) in [6.07, 6.45) is -5.07. The molecule has 0 N–H and O–H groups in total. The van der Waals surface area contributed by atoms with Gasteiger partial charge in [0.2, 0.25) is 11.2 Å². The summed E-state index contributed by atoms with van der Waals surface area (Å²) in [5, 5.41) is -0.201. The standard InChI is InChI=1S/C27H19F3O8/c1-34-17-7-3-15(4-8-17)21(31)14-36-19-11-12-20-22(13-19)38-25(27(28,29)30)24(23(20)32)37-18-9-5-16(6-10-18)26(33)35-2/h3-13H,14H2,1-2H3. The zero-order valence-corrected chi connectivity index (χ0v) is 20.0. The van der Waals surface area contributed by atoms with Gasteiger partial charge in [0.25, 0.3) is 5.76 Å². The lowest BCUT2D eigenvalue weighted by molar-refractivity contribution is -0.154. The molecule has 1 aromatic heterocycles. The van der Waals surface area contributed by atoms with Gasteiger partial charge >= 0.3 is 12.1 Å². The van der Waals surface area contributed by atoms with Gasteiger partial charge in [-0.3, -0.25) is 9.59 Å². The van der Waals surface area contributed by atoms with E-state index in [1.165, 1.54) is 50.6 Å². The van der Waals surface area contributed by atoms with Crippen LogP contribution in [0, 0.1) is 0 Å². The van der Waals surface area contributed by atoms with Gasteiger partial charge < -0.3 is 23.4 Å². The molecular formula is C27H19F3O8. The Labute approximate surface area is 213 Å². The topological polar surface area (TPSA) is 101 Å². The number of methoxy groups -OCH3 is 2. The van der Waals surface area contributed by atoms with Crippen LogP contribution in [-0.2, 0) is 10.9 Å². The predicted molar refractivity (Wildman–Crippen MR) is 128 cm³/mol. The molecule has 0 radical (unpaired) electrons. The van der Waals surface area contributed by atoms with E-state index in [1.54, 1.807) is 24.3 Å². The number of esters is 1. The number of alkyl halides is 3. The third kappa shape index (κ3) is 5.61. The molecule has 0 saturated heterocycles. The van der Waals surface area contributed by atoms with Crippen LogP contribution in [0.5, 0.6) is 23.0 Å². The molecule has 3 aromatic carbocycles. The van der Waals surface area contributed by atoms with Gasteiger partial charge in [-0.1, -0.05) is 0 Å². The molecule has 0 aliphatic rings. The van der Waals surface area contributed by atoms with Crippen molar-refractivity contribution in [3.8, 4) is 23.0 Å². The van der Waals surface area contributed by atoms with E-state index in [-0.39, 0.29) is 28.2 Å². The number of benzene rings is 3. The van der Waals surface area contributed by atoms with E-state index in [4.69, 9.17) is 18.6 Å². The highest BCUT2D eigenvalue weighted by molar-refractivity contribution is 5.97. The molecule has 38 heavy (non-hydrogen) atoms. The number of Topliss-reactive ketones (excluding diaryl/α,β-unsaturated/α-hetero) is 1. The van der Waals surface area contributed by atoms with Crippen molar-refractivity contribution in [3.63, 3.8) is 0 Å². The number of hydrogen-bond donors (Lipinski definition) is 0. The van der Waals surface area contributed by atoms with Crippen LogP contribution < -0.4 is 19.6 Å². The normalized spacial score (nSPS) is 11.2. The van der Waals surface area contributed by atoms with Crippen molar-refractivity contribution >= 4 is 22.7 Å². The van der Waals surface area contributed by atoms with Crippen LogP contribution in [0.2, 0.25) is 0 Å². The average molecular weight is 528 g/mol. The van der Waals surface area contributed by atoms with Crippen molar-refractivity contribution in [3.05, 3.63) is 93.8 Å².